The van der Waals surface area contributed by atoms with Crippen molar-refractivity contribution < 1.29 is 9.53 Å². The van der Waals surface area contributed by atoms with Gasteiger partial charge in [0.2, 0.25) is 5.91 Å². The molecule has 3 rings (SSSR count). The Kier molecular flexibility index (Phi) is 7.76. The zero-order valence-corrected chi connectivity index (χ0v) is 18.5. The molecule has 2 heterocycles. The van der Waals surface area contributed by atoms with Gasteiger partial charge >= 0.3 is 0 Å². The number of hydrogen-bond acceptors (Lipinski definition) is 5. The van der Waals surface area contributed by atoms with Crippen LogP contribution in [0, 0.1) is 0 Å². The van der Waals surface area contributed by atoms with Gasteiger partial charge in [-0.15, -0.1) is 0 Å². The molecule has 0 spiro atoms. The molecule has 162 valence electrons. The minimum absolute atomic E-state index is 0.0899. The molecule has 6 nitrogen and oxygen atoms in total. The molecule has 0 bridgehead atoms. The predicted molar refractivity (Wildman–Crippen MR) is 114 cm³/mol. The van der Waals surface area contributed by atoms with Crippen LogP contribution in [0.3, 0.4) is 0 Å². The molecule has 1 saturated carbocycles. The van der Waals surface area contributed by atoms with Gasteiger partial charge in [-0.05, 0) is 33.2 Å². The second-order valence-electron chi connectivity index (χ2n) is 9.62. The number of piperazine rings is 1. The van der Waals surface area contributed by atoms with Crippen molar-refractivity contribution in [2.45, 2.75) is 70.4 Å². The lowest BCUT2D eigenvalue weighted by Gasteiger charge is -2.51. The van der Waals surface area contributed by atoms with Crippen molar-refractivity contribution in [1.29, 1.82) is 0 Å². The molecule has 6 heteroatoms. The Labute approximate surface area is 171 Å². The van der Waals surface area contributed by atoms with E-state index in [0.717, 1.165) is 65.5 Å². The van der Waals surface area contributed by atoms with Gasteiger partial charge in [-0.3, -0.25) is 9.69 Å². The smallest absolute Gasteiger partial charge is 0.221 e. The average molecular weight is 395 g/mol. The van der Waals surface area contributed by atoms with Crippen LogP contribution in [0.1, 0.15) is 59.3 Å². The van der Waals surface area contributed by atoms with E-state index in [1.54, 1.807) is 0 Å². The molecule has 1 amide bonds. The van der Waals surface area contributed by atoms with Crippen molar-refractivity contribution in [3.63, 3.8) is 0 Å². The van der Waals surface area contributed by atoms with Gasteiger partial charge in [0.25, 0.3) is 0 Å². The molecular weight excluding hydrogens is 352 g/mol. The normalized spacial score (nSPS) is 26.8. The molecule has 3 fully saturated rings. The molecule has 2 aliphatic heterocycles. The van der Waals surface area contributed by atoms with Crippen LogP contribution in [0.15, 0.2) is 0 Å². The van der Waals surface area contributed by atoms with Gasteiger partial charge in [0.15, 0.2) is 0 Å². The van der Waals surface area contributed by atoms with Crippen LogP contribution >= 0.6 is 0 Å². The minimum Gasteiger partial charge on any atom is -0.373 e. The summed E-state index contributed by atoms with van der Waals surface area (Å²) in [4.78, 5) is 20.2. The third-order valence-electron chi connectivity index (χ3n) is 7.06. The van der Waals surface area contributed by atoms with E-state index in [1.807, 2.05) is 0 Å². The average Bonchev–Trinajstić information content (AvgIpc) is 2.71. The fourth-order valence-electron chi connectivity index (χ4n) is 5.18. The van der Waals surface area contributed by atoms with E-state index in [9.17, 15) is 4.79 Å². The van der Waals surface area contributed by atoms with Crippen LogP contribution in [0.5, 0.6) is 0 Å². The number of carbonyl (C=O) groups excluding carboxylic acids is 1. The van der Waals surface area contributed by atoms with E-state index >= 15 is 0 Å². The van der Waals surface area contributed by atoms with E-state index in [4.69, 9.17) is 4.74 Å². The summed E-state index contributed by atoms with van der Waals surface area (Å²) < 4.78 is 5.94. The zero-order valence-electron chi connectivity index (χ0n) is 18.5. The van der Waals surface area contributed by atoms with Crippen LogP contribution < -0.4 is 5.32 Å². The number of carbonyl (C=O) groups is 1. The van der Waals surface area contributed by atoms with Crippen molar-refractivity contribution >= 4 is 5.91 Å². The Bertz CT molecular complexity index is 497. The largest absolute Gasteiger partial charge is 0.373 e. The molecule has 2 saturated heterocycles. The minimum atomic E-state index is -0.0899. The summed E-state index contributed by atoms with van der Waals surface area (Å²) in [6.07, 6.45) is 6.89. The van der Waals surface area contributed by atoms with Crippen LogP contribution in [-0.2, 0) is 9.53 Å². The highest BCUT2D eigenvalue weighted by Gasteiger charge is 2.42. The quantitative estimate of drug-likeness (QED) is 0.715. The zero-order chi connectivity index (χ0) is 20.0. The van der Waals surface area contributed by atoms with Crippen LogP contribution in [-0.4, -0.2) is 97.3 Å². The van der Waals surface area contributed by atoms with Gasteiger partial charge < -0.3 is 19.9 Å². The van der Waals surface area contributed by atoms with E-state index in [1.165, 1.54) is 32.1 Å². The predicted octanol–water partition coefficient (Wildman–Crippen LogP) is 1.94. The Balaban J connectivity index is 1.47. The van der Waals surface area contributed by atoms with E-state index in [2.05, 4.69) is 40.8 Å². The molecule has 3 aliphatic rings. The third-order valence-corrected chi connectivity index (χ3v) is 7.06. The van der Waals surface area contributed by atoms with Crippen LogP contribution in [0.25, 0.3) is 0 Å². The van der Waals surface area contributed by atoms with Crippen LogP contribution in [0.2, 0.25) is 0 Å². The van der Waals surface area contributed by atoms with Gasteiger partial charge in [0.1, 0.15) is 0 Å². The second kappa shape index (κ2) is 9.88. The van der Waals surface area contributed by atoms with Crippen LogP contribution in [0.4, 0.5) is 0 Å². The maximum atomic E-state index is 12.6. The monoisotopic (exact) mass is 394 g/mol. The Morgan fingerprint density at radius 3 is 2.32 bits per heavy atom. The third kappa shape index (κ3) is 5.91. The summed E-state index contributed by atoms with van der Waals surface area (Å²) >= 11 is 0. The van der Waals surface area contributed by atoms with Crippen molar-refractivity contribution in [3.8, 4) is 0 Å². The van der Waals surface area contributed by atoms with Gasteiger partial charge in [0, 0.05) is 64.3 Å². The molecule has 0 aromatic carbocycles. The highest BCUT2D eigenvalue weighted by atomic mass is 16.5. The number of hydrogen-bond donors (Lipinski definition) is 1. The SMILES string of the molecule is CCN1CCN(CCC(=O)NCC2(N3CCOC(C)(C)C3)CCCCC2)CC1. The molecular formula is C22H42N4O2. The highest BCUT2D eigenvalue weighted by Crippen LogP contribution is 2.36. The molecule has 0 aromatic rings. The number of rotatable bonds is 7. The Hall–Kier alpha value is -0.690. The molecule has 0 unspecified atom stereocenters. The molecule has 28 heavy (non-hydrogen) atoms. The van der Waals surface area contributed by atoms with Crippen molar-refractivity contribution in [2.24, 2.45) is 0 Å². The first-order chi connectivity index (χ1) is 13.4. The highest BCUT2D eigenvalue weighted by molar-refractivity contribution is 5.76. The molecule has 0 radical (unpaired) electrons. The molecule has 1 N–H and O–H groups in total. The lowest BCUT2D eigenvalue weighted by atomic mass is 9.79. The number of nitrogens with one attached hydrogen (secondary N) is 1. The number of morpholine rings is 1. The van der Waals surface area contributed by atoms with Gasteiger partial charge in [-0.2, -0.15) is 0 Å². The number of amides is 1. The van der Waals surface area contributed by atoms with E-state index in [-0.39, 0.29) is 17.0 Å². The summed E-state index contributed by atoms with van der Waals surface area (Å²) in [5.41, 5.74) is 0.0368. The van der Waals surface area contributed by atoms with Gasteiger partial charge in [-0.1, -0.05) is 26.2 Å². The topological polar surface area (TPSA) is 48.0 Å². The molecule has 0 aromatic heterocycles. The summed E-state index contributed by atoms with van der Waals surface area (Å²) in [5.74, 6) is 0.218. The van der Waals surface area contributed by atoms with E-state index in [0.29, 0.717) is 6.42 Å². The van der Waals surface area contributed by atoms with Crippen molar-refractivity contribution in [2.75, 3.05) is 65.5 Å². The summed E-state index contributed by atoms with van der Waals surface area (Å²) in [6, 6.07) is 0. The first-order valence-electron chi connectivity index (χ1n) is 11.5. The Morgan fingerprint density at radius 1 is 1.00 bits per heavy atom. The first kappa shape index (κ1) is 22.0. The standard InChI is InChI=1S/C22H42N4O2/c1-4-24-12-14-25(15-13-24)11-8-20(27)23-18-22(9-6-5-7-10-22)26-16-17-28-21(2,3)19-26/h4-19H2,1-3H3,(H,23,27). The Morgan fingerprint density at radius 2 is 1.68 bits per heavy atom. The molecule has 1 aliphatic carbocycles. The van der Waals surface area contributed by atoms with Gasteiger partial charge in [0.05, 0.1) is 12.2 Å². The fraction of sp³-hybridized carbons (Fsp3) is 0.955. The summed E-state index contributed by atoms with van der Waals surface area (Å²) in [6.45, 7) is 16.6. The second-order valence-corrected chi connectivity index (χ2v) is 9.62. The van der Waals surface area contributed by atoms with Crippen molar-refractivity contribution in [3.05, 3.63) is 0 Å². The summed E-state index contributed by atoms with van der Waals surface area (Å²) in [7, 11) is 0. The lowest BCUT2D eigenvalue weighted by molar-refractivity contribution is -0.129. The number of ether oxygens (including phenoxy) is 1. The van der Waals surface area contributed by atoms with Gasteiger partial charge in [-0.25, -0.2) is 0 Å². The fourth-order valence-corrected chi connectivity index (χ4v) is 5.18. The molecule has 0 atom stereocenters. The number of nitrogens with zero attached hydrogens (tertiary/aromatic N) is 3. The maximum absolute atomic E-state index is 12.6. The first-order valence-corrected chi connectivity index (χ1v) is 11.5. The lowest BCUT2D eigenvalue weighted by Crippen LogP contribution is -2.63. The van der Waals surface area contributed by atoms with Crippen molar-refractivity contribution in [1.82, 2.24) is 20.0 Å². The van der Waals surface area contributed by atoms with E-state index < -0.39 is 0 Å². The maximum Gasteiger partial charge on any atom is 0.221 e. The summed E-state index contributed by atoms with van der Waals surface area (Å²) in [5, 5.41) is 3.32. The number of likely N-dealkylation sites (N-methyl/N-ethyl adjacent to an activating group) is 1.